The average molecular weight is 706 g/mol. The van der Waals surface area contributed by atoms with Crippen LogP contribution in [0.2, 0.25) is 0 Å². The molecule has 0 spiro atoms. The first kappa shape index (κ1) is 35.3. The third-order valence-corrected chi connectivity index (χ3v) is 10.8. The van der Waals surface area contributed by atoms with Crippen molar-refractivity contribution in [3.8, 4) is 11.5 Å². The summed E-state index contributed by atoms with van der Waals surface area (Å²) in [6.07, 6.45) is 5.08. The fourth-order valence-electron chi connectivity index (χ4n) is 7.97. The summed E-state index contributed by atoms with van der Waals surface area (Å²) >= 11 is 0. The Kier molecular flexibility index (Phi) is 9.51. The van der Waals surface area contributed by atoms with E-state index in [0.29, 0.717) is 72.0 Å². The molecule has 2 saturated carbocycles. The van der Waals surface area contributed by atoms with Gasteiger partial charge in [-0.2, -0.15) is 0 Å². The van der Waals surface area contributed by atoms with Crippen molar-refractivity contribution < 1.29 is 23.7 Å². The summed E-state index contributed by atoms with van der Waals surface area (Å²) in [5.41, 5.74) is 3.72. The molecular weight excluding hydrogens is 656 g/mol. The van der Waals surface area contributed by atoms with E-state index in [2.05, 4.69) is 11.8 Å². The van der Waals surface area contributed by atoms with E-state index in [4.69, 9.17) is 4.74 Å². The number of ether oxygens (including phenoxy) is 1. The number of pyridine rings is 2. The predicted molar refractivity (Wildman–Crippen MR) is 197 cm³/mol. The summed E-state index contributed by atoms with van der Waals surface area (Å²) in [5.74, 6) is 0.191. The number of anilines is 2. The van der Waals surface area contributed by atoms with Gasteiger partial charge in [-0.25, -0.2) is 8.78 Å². The number of aliphatic hydroxyl groups is 1. The van der Waals surface area contributed by atoms with Crippen LogP contribution >= 0.6 is 0 Å². The number of aromatic nitrogens is 2. The molecule has 4 heterocycles. The Hall–Kier alpha value is -4.16. The number of hydrogen-bond acceptors (Lipinski definition) is 8. The topological polar surface area (TPSA) is 103 Å². The second-order valence-corrected chi connectivity index (χ2v) is 15.3. The maximum atomic E-state index is 15.2. The minimum Gasteiger partial charge on any atom is -0.507 e. The van der Waals surface area contributed by atoms with Crippen LogP contribution in [0.25, 0.3) is 21.8 Å². The van der Waals surface area contributed by atoms with Gasteiger partial charge in [0.15, 0.2) is 0 Å². The fraction of sp³-hybridized carbons (Fsp3) is 0.538. The number of hydrogen-bond donors (Lipinski definition) is 2. The zero-order valence-corrected chi connectivity index (χ0v) is 30.2. The lowest BCUT2D eigenvalue weighted by Gasteiger charge is -2.24. The van der Waals surface area contributed by atoms with Crippen LogP contribution in [-0.2, 0) is 0 Å². The smallest absolute Gasteiger partial charge is 0.255 e. The average Bonchev–Trinajstić information content (AvgIpc) is 3.99. The largest absolute Gasteiger partial charge is 0.507 e. The monoisotopic (exact) mass is 705 g/mol. The van der Waals surface area contributed by atoms with Crippen molar-refractivity contribution in [2.45, 2.75) is 77.5 Å². The molecule has 2 aliphatic heterocycles. The molecule has 4 fully saturated rings. The molecule has 2 saturated heterocycles. The first-order chi connectivity index (χ1) is 24.3. The van der Waals surface area contributed by atoms with E-state index in [-0.39, 0.29) is 40.6 Å². The standard InChI is InChI=1S/C21H28FN3O3.C18H21FN2O2/c1-13-20-16(10-17(22)21(13)24-7-6-15(26)12-24)18(28-9-8-23(2)3)11-19(27)25(20)14-4-5-14;1-10-5-6-20(9-10)18-11(2)17-13(7-14(18)19)15(22)8-16(23)21(17)12-3-4-12/h10-11,14-15,26H,4-9,12H2,1-3H3;7-8,10,12,22H,3-6,9H2,1-2H3/t15-;10-/m00/s1. The summed E-state index contributed by atoms with van der Waals surface area (Å²) in [4.78, 5) is 31.2. The Morgan fingerprint density at radius 2 is 1.31 bits per heavy atom. The molecule has 2 aromatic carbocycles. The Balaban J connectivity index is 0.000000162. The molecule has 4 aromatic rings. The molecule has 0 unspecified atom stereocenters. The van der Waals surface area contributed by atoms with Gasteiger partial charge in [-0.1, -0.05) is 6.92 Å². The third kappa shape index (κ3) is 6.80. The van der Waals surface area contributed by atoms with Crippen LogP contribution in [0.1, 0.15) is 68.7 Å². The zero-order chi connectivity index (χ0) is 36.3. The molecule has 0 amide bonds. The van der Waals surface area contributed by atoms with Gasteiger partial charge < -0.3 is 38.8 Å². The van der Waals surface area contributed by atoms with E-state index >= 15 is 4.39 Å². The molecule has 51 heavy (non-hydrogen) atoms. The Morgan fingerprint density at radius 3 is 1.82 bits per heavy atom. The predicted octanol–water partition coefficient (Wildman–Crippen LogP) is 5.63. The Morgan fingerprint density at radius 1 is 0.784 bits per heavy atom. The maximum absolute atomic E-state index is 15.2. The van der Waals surface area contributed by atoms with Gasteiger partial charge in [0.1, 0.15) is 29.7 Å². The van der Waals surface area contributed by atoms with Crippen molar-refractivity contribution in [1.82, 2.24) is 14.0 Å². The highest BCUT2D eigenvalue weighted by molar-refractivity contribution is 5.93. The number of aryl methyl sites for hydroxylation is 2. The van der Waals surface area contributed by atoms with Crippen molar-refractivity contribution in [1.29, 1.82) is 0 Å². The summed E-state index contributed by atoms with van der Waals surface area (Å²) in [5, 5.41) is 21.1. The zero-order valence-electron chi connectivity index (χ0n) is 30.2. The van der Waals surface area contributed by atoms with Gasteiger partial charge in [0.2, 0.25) is 0 Å². The fourth-order valence-corrected chi connectivity index (χ4v) is 7.97. The van der Waals surface area contributed by atoms with Crippen LogP contribution in [-0.4, -0.2) is 83.8 Å². The quantitative estimate of drug-likeness (QED) is 0.243. The molecule has 0 bridgehead atoms. The number of halogens is 2. The van der Waals surface area contributed by atoms with Crippen LogP contribution in [0.3, 0.4) is 0 Å². The summed E-state index contributed by atoms with van der Waals surface area (Å²) in [6, 6.07) is 5.93. The van der Waals surface area contributed by atoms with Crippen molar-refractivity contribution in [2.75, 3.05) is 63.2 Å². The second kappa shape index (κ2) is 13.8. The third-order valence-electron chi connectivity index (χ3n) is 10.8. The highest BCUT2D eigenvalue weighted by Gasteiger charge is 2.33. The van der Waals surface area contributed by atoms with Crippen molar-refractivity contribution in [3.05, 3.63) is 67.7 Å². The number of aromatic hydroxyl groups is 1. The number of β-amino-alcohol motifs (C(OH)–C–C–N with tert-alkyl or cyclic N) is 1. The van der Waals surface area contributed by atoms with Gasteiger partial charge in [-0.05, 0) is 95.6 Å². The number of aliphatic hydroxyl groups excluding tert-OH is 1. The maximum Gasteiger partial charge on any atom is 0.255 e. The lowest BCUT2D eigenvalue weighted by atomic mass is 10.1. The molecule has 4 aliphatic rings. The van der Waals surface area contributed by atoms with E-state index in [1.807, 2.05) is 37.7 Å². The van der Waals surface area contributed by atoms with Gasteiger partial charge in [0.25, 0.3) is 11.1 Å². The number of rotatable bonds is 8. The molecule has 0 radical (unpaired) electrons. The van der Waals surface area contributed by atoms with Crippen LogP contribution in [0, 0.1) is 31.4 Å². The van der Waals surface area contributed by atoms with E-state index in [0.717, 1.165) is 61.8 Å². The minimum atomic E-state index is -0.444. The van der Waals surface area contributed by atoms with Gasteiger partial charge in [-0.3, -0.25) is 9.59 Å². The first-order valence-corrected chi connectivity index (χ1v) is 18.2. The lowest BCUT2D eigenvalue weighted by Crippen LogP contribution is -2.25. The molecule has 2 aromatic heterocycles. The highest BCUT2D eigenvalue weighted by Crippen LogP contribution is 2.43. The van der Waals surface area contributed by atoms with Crippen molar-refractivity contribution in [2.24, 2.45) is 5.92 Å². The lowest BCUT2D eigenvalue weighted by molar-refractivity contribution is 0.198. The van der Waals surface area contributed by atoms with Crippen LogP contribution < -0.4 is 25.7 Å². The molecule has 2 aliphatic carbocycles. The molecule has 8 rings (SSSR count). The van der Waals surface area contributed by atoms with Gasteiger partial charge in [0, 0.05) is 67.7 Å². The van der Waals surface area contributed by atoms with E-state index in [1.54, 1.807) is 9.13 Å². The van der Waals surface area contributed by atoms with E-state index in [1.165, 1.54) is 24.3 Å². The molecule has 2 N–H and O–H groups in total. The number of fused-ring (bicyclic) bond motifs is 2. The van der Waals surface area contributed by atoms with E-state index in [9.17, 15) is 24.2 Å². The van der Waals surface area contributed by atoms with Crippen molar-refractivity contribution in [3.63, 3.8) is 0 Å². The normalized spacial score (nSPS) is 20.5. The minimum absolute atomic E-state index is 0.100. The van der Waals surface area contributed by atoms with Gasteiger partial charge >= 0.3 is 0 Å². The Bertz CT molecular complexity index is 2100. The van der Waals surface area contributed by atoms with Crippen LogP contribution in [0.15, 0.2) is 33.9 Å². The molecule has 274 valence electrons. The van der Waals surface area contributed by atoms with Gasteiger partial charge in [0.05, 0.1) is 28.5 Å². The summed E-state index contributed by atoms with van der Waals surface area (Å²) < 4.78 is 39.3. The summed E-state index contributed by atoms with van der Waals surface area (Å²) in [6.45, 7) is 9.71. The van der Waals surface area contributed by atoms with E-state index < -0.39 is 6.10 Å². The van der Waals surface area contributed by atoms with Crippen LogP contribution in [0.5, 0.6) is 11.5 Å². The molecule has 2 atom stereocenters. The SMILES string of the molecule is Cc1c(N2CC[C@H](C)C2)c(F)cc2c(O)cc(=O)n(C3CC3)c12.Cc1c(N2CC[C@H](O)C2)c(F)cc2c(OCCN(C)C)cc(=O)n(C3CC3)c12. The van der Waals surface area contributed by atoms with Crippen LogP contribution in [0.4, 0.5) is 20.2 Å². The molecule has 12 heteroatoms. The number of benzene rings is 2. The Labute approximate surface area is 296 Å². The molecule has 10 nitrogen and oxygen atoms in total. The number of nitrogens with zero attached hydrogens (tertiary/aromatic N) is 5. The number of likely N-dealkylation sites (N-methyl/N-ethyl adjacent to an activating group) is 1. The first-order valence-electron chi connectivity index (χ1n) is 18.2. The van der Waals surface area contributed by atoms with Gasteiger partial charge in [-0.15, -0.1) is 0 Å². The summed E-state index contributed by atoms with van der Waals surface area (Å²) in [7, 11) is 3.90. The van der Waals surface area contributed by atoms with Crippen molar-refractivity contribution >= 4 is 33.2 Å². The second-order valence-electron chi connectivity index (χ2n) is 15.3. The molecular formula is C39H49F2N5O5. The highest BCUT2D eigenvalue weighted by atomic mass is 19.1.